The van der Waals surface area contributed by atoms with E-state index in [-0.39, 0.29) is 0 Å². The molecule has 0 bridgehead atoms. The SMILES string of the molecule is CCCn1ccnc1CC1(O)CCC(C)(C)CC1. The lowest BCUT2D eigenvalue weighted by Gasteiger charge is -2.40. The molecule has 0 unspecified atom stereocenters. The fraction of sp³-hybridized carbons (Fsp3) is 0.800. The van der Waals surface area contributed by atoms with Crippen molar-refractivity contribution in [1.82, 2.24) is 9.55 Å². The highest BCUT2D eigenvalue weighted by Crippen LogP contribution is 2.41. The number of hydrogen-bond acceptors (Lipinski definition) is 2. The van der Waals surface area contributed by atoms with Gasteiger partial charge in [-0.1, -0.05) is 20.8 Å². The van der Waals surface area contributed by atoms with Crippen LogP contribution in [0.2, 0.25) is 0 Å². The van der Waals surface area contributed by atoms with E-state index in [1.807, 2.05) is 12.4 Å². The minimum atomic E-state index is -0.535. The van der Waals surface area contributed by atoms with E-state index in [0.717, 1.165) is 44.5 Å². The molecule has 0 saturated heterocycles. The monoisotopic (exact) mass is 250 g/mol. The second-order valence-corrected chi connectivity index (χ2v) is 6.60. The first-order valence-electron chi connectivity index (χ1n) is 7.17. The summed E-state index contributed by atoms with van der Waals surface area (Å²) in [5.41, 5.74) is -0.141. The third-order valence-corrected chi connectivity index (χ3v) is 4.29. The van der Waals surface area contributed by atoms with Crippen LogP contribution in [0.3, 0.4) is 0 Å². The minimum Gasteiger partial charge on any atom is -0.389 e. The average molecular weight is 250 g/mol. The zero-order valence-electron chi connectivity index (χ0n) is 11.9. The molecular formula is C15H26N2O. The van der Waals surface area contributed by atoms with Gasteiger partial charge in [0.05, 0.1) is 5.60 Å². The molecule has 0 atom stereocenters. The Labute approximate surface area is 110 Å². The van der Waals surface area contributed by atoms with E-state index in [1.54, 1.807) is 0 Å². The van der Waals surface area contributed by atoms with Crippen molar-refractivity contribution in [2.75, 3.05) is 0 Å². The van der Waals surface area contributed by atoms with Gasteiger partial charge in [0.1, 0.15) is 5.82 Å². The zero-order valence-corrected chi connectivity index (χ0v) is 11.9. The molecule has 0 radical (unpaired) electrons. The van der Waals surface area contributed by atoms with Gasteiger partial charge in [-0.2, -0.15) is 0 Å². The fourth-order valence-corrected chi connectivity index (χ4v) is 2.81. The summed E-state index contributed by atoms with van der Waals surface area (Å²) in [5, 5.41) is 10.7. The molecule has 1 aliphatic rings. The quantitative estimate of drug-likeness (QED) is 0.891. The summed E-state index contributed by atoms with van der Waals surface area (Å²) in [4.78, 5) is 4.41. The molecule has 1 heterocycles. The molecule has 18 heavy (non-hydrogen) atoms. The van der Waals surface area contributed by atoms with Crippen LogP contribution in [-0.4, -0.2) is 20.3 Å². The number of hydrogen-bond donors (Lipinski definition) is 1. The third-order valence-electron chi connectivity index (χ3n) is 4.29. The van der Waals surface area contributed by atoms with Crippen molar-refractivity contribution in [1.29, 1.82) is 0 Å². The maximum absolute atomic E-state index is 10.7. The molecule has 1 aromatic rings. The van der Waals surface area contributed by atoms with Crippen LogP contribution in [0, 0.1) is 5.41 Å². The maximum atomic E-state index is 10.7. The molecule has 1 N–H and O–H groups in total. The predicted octanol–water partition coefficient (Wildman–Crippen LogP) is 3.17. The van der Waals surface area contributed by atoms with Gasteiger partial charge < -0.3 is 9.67 Å². The second-order valence-electron chi connectivity index (χ2n) is 6.60. The standard InChI is InChI=1S/C15H26N2O/c1-4-10-17-11-9-16-13(17)12-15(18)7-5-14(2,3)6-8-15/h9,11,18H,4-8,10,12H2,1-3H3. The second kappa shape index (κ2) is 5.04. The van der Waals surface area contributed by atoms with Crippen molar-refractivity contribution < 1.29 is 5.11 Å². The molecule has 0 aromatic carbocycles. The summed E-state index contributed by atoms with van der Waals surface area (Å²) >= 11 is 0. The summed E-state index contributed by atoms with van der Waals surface area (Å²) in [6.45, 7) is 7.76. The summed E-state index contributed by atoms with van der Waals surface area (Å²) in [6.07, 6.45) is 9.70. The molecule has 3 nitrogen and oxygen atoms in total. The van der Waals surface area contributed by atoms with Gasteiger partial charge in [-0.25, -0.2) is 4.98 Å². The van der Waals surface area contributed by atoms with Crippen molar-refractivity contribution >= 4 is 0 Å². The van der Waals surface area contributed by atoms with Gasteiger partial charge >= 0.3 is 0 Å². The summed E-state index contributed by atoms with van der Waals surface area (Å²) in [7, 11) is 0. The lowest BCUT2D eigenvalue weighted by Crippen LogP contribution is -2.39. The molecule has 2 rings (SSSR count). The van der Waals surface area contributed by atoms with E-state index < -0.39 is 5.60 Å². The van der Waals surface area contributed by atoms with Gasteiger partial charge in [0.25, 0.3) is 0 Å². The topological polar surface area (TPSA) is 38.0 Å². The number of aryl methyl sites for hydroxylation is 1. The van der Waals surface area contributed by atoms with Gasteiger partial charge in [0.15, 0.2) is 0 Å². The van der Waals surface area contributed by atoms with Crippen LogP contribution >= 0.6 is 0 Å². The Bertz CT molecular complexity index is 385. The smallest absolute Gasteiger partial charge is 0.111 e. The molecule has 1 saturated carbocycles. The molecule has 0 aliphatic heterocycles. The summed E-state index contributed by atoms with van der Waals surface area (Å²) in [5.74, 6) is 1.04. The van der Waals surface area contributed by atoms with Crippen molar-refractivity contribution in [3.8, 4) is 0 Å². The normalized spacial score (nSPS) is 22.0. The highest BCUT2D eigenvalue weighted by molar-refractivity contribution is 5.01. The largest absolute Gasteiger partial charge is 0.389 e. The van der Waals surface area contributed by atoms with Gasteiger partial charge in [-0.15, -0.1) is 0 Å². The van der Waals surface area contributed by atoms with Crippen LogP contribution in [0.5, 0.6) is 0 Å². The number of nitrogens with zero attached hydrogens (tertiary/aromatic N) is 2. The van der Waals surface area contributed by atoms with Gasteiger partial charge in [-0.05, 0) is 37.5 Å². The van der Waals surface area contributed by atoms with E-state index >= 15 is 0 Å². The molecule has 102 valence electrons. The van der Waals surface area contributed by atoms with Gasteiger partial charge in [0, 0.05) is 25.4 Å². The number of imidazole rings is 1. The van der Waals surface area contributed by atoms with E-state index in [9.17, 15) is 5.11 Å². The van der Waals surface area contributed by atoms with Crippen LogP contribution in [-0.2, 0) is 13.0 Å². The number of aliphatic hydroxyl groups is 1. The fourth-order valence-electron chi connectivity index (χ4n) is 2.81. The van der Waals surface area contributed by atoms with E-state index in [0.29, 0.717) is 11.8 Å². The van der Waals surface area contributed by atoms with Crippen molar-refractivity contribution in [3.63, 3.8) is 0 Å². The third kappa shape index (κ3) is 3.14. The Kier molecular flexibility index (Phi) is 3.81. The molecular weight excluding hydrogens is 224 g/mol. The Morgan fingerprint density at radius 3 is 2.56 bits per heavy atom. The number of rotatable bonds is 4. The van der Waals surface area contributed by atoms with E-state index in [1.165, 1.54) is 0 Å². The summed E-state index contributed by atoms with van der Waals surface area (Å²) < 4.78 is 2.18. The average Bonchev–Trinajstić information content (AvgIpc) is 2.72. The Morgan fingerprint density at radius 1 is 1.28 bits per heavy atom. The Balaban J connectivity index is 2.02. The van der Waals surface area contributed by atoms with E-state index in [4.69, 9.17) is 0 Å². The maximum Gasteiger partial charge on any atom is 0.111 e. The van der Waals surface area contributed by atoms with Gasteiger partial charge in [-0.3, -0.25) is 0 Å². The predicted molar refractivity (Wildman–Crippen MR) is 73.4 cm³/mol. The molecule has 3 heteroatoms. The van der Waals surface area contributed by atoms with E-state index in [2.05, 4.69) is 30.3 Å². The highest BCUT2D eigenvalue weighted by atomic mass is 16.3. The first-order chi connectivity index (χ1) is 8.44. The van der Waals surface area contributed by atoms with Crippen LogP contribution < -0.4 is 0 Å². The Morgan fingerprint density at radius 2 is 1.94 bits per heavy atom. The van der Waals surface area contributed by atoms with Gasteiger partial charge in [0.2, 0.25) is 0 Å². The first-order valence-corrected chi connectivity index (χ1v) is 7.17. The van der Waals surface area contributed by atoms with Crippen LogP contribution in [0.25, 0.3) is 0 Å². The van der Waals surface area contributed by atoms with Crippen LogP contribution in [0.15, 0.2) is 12.4 Å². The van der Waals surface area contributed by atoms with Crippen molar-refractivity contribution in [2.45, 2.75) is 71.4 Å². The minimum absolute atomic E-state index is 0.394. The highest BCUT2D eigenvalue weighted by Gasteiger charge is 2.37. The lowest BCUT2D eigenvalue weighted by molar-refractivity contribution is -0.0270. The molecule has 1 aromatic heterocycles. The zero-order chi connectivity index (χ0) is 13.2. The molecule has 0 spiro atoms. The first kappa shape index (κ1) is 13.6. The van der Waals surface area contributed by atoms with Crippen LogP contribution in [0.1, 0.15) is 58.7 Å². The van der Waals surface area contributed by atoms with Crippen LogP contribution in [0.4, 0.5) is 0 Å². The molecule has 0 amide bonds. The molecule has 1 aliphatic carbocycles. The summed E-state index contributed by atoms with van der Waals surface area (Å²) in [6, 6.07) is 0. The number of aromatic nitrogens is 2. The van der Waals surface area contributed by atoms with Crippen molar-refractivity contribution in [3.05, 3.63) is 18.2 Å². The lowest BCUT2D eigenvalue weighted by atomic mass is 9.70. The van der Waals surface area contributed by atoms with Crippen molar-refractivity contribution in [2.24, 2.45) is 5.41 Å². The molecule has 1 fully saturated rings. The Hall–Kier alpha value is -0.830.